The third-order valence-corrected chi connectivity index (χ3v) is 2.47. The van der Waals surface area contributed by atoms with Crippen LogP contribution in [0.25, 0.3) is 0 Å². The van der Waals surface area contributed by atoms with Gasteiger partial charge >= 0.3 is 5.97 Å². The maximum atomic E-state index is 13.4. The standard InChI is InChI=1S/C12H17FN2O2/c1-2-3-4-5-15-11-7-9(13)8(12(16)17)6-10(11)14/h6-7,15H,2-5,14H2,1H3,(H,16,17). The molecule has 5 heteroatoms. The Morgan fingerprint density at radius 2 is 2.18 bits per heavy atom. The Morgan fingerprint density at radius 3 is 2.76 bits per heavy atom. The highest BCUT2D eigenvalue weighted by Gasteiger charge is 2.13. The molecular formula is C12H17FN2O2. The van der Waals surface area contributed by atoms with Crippen LogP contribution in [0.3, 0.4) is 0 Å². The van der Waals surface area contributed by atoms with Crippen molar-refractivity contribution in [1.82, 2.24) is 0 Å². The molecule has 0 heterocycles. The molecule has 0 fully saturated rings. The van der Waals surface area contributed by atoms with E-state index in [1.165, 1.54) is 0 Å². The first-order valence-electron chi connectivity index (χ1n) is 5.62. The van der Waals surface area contributed by atoms with Crippen LogP contribution in [0.2, 0.25) is 0 Å². The van der Waals surface area contributed by atoms with Crippen LogP contribution in [-0.2, 0) is 0 Å². The lowest BCUT2D eigenvalue weighted by molar-refractivity contribution is 0.0692. The summed E-state index contributed by atoms with van der Waals surface area (Å²) in [4.78, 5) is 10.7. The van der Waals surface area contributed by atoms with E-state index in [4.69, 9.17) is 10.8 Å². The molecule has 1 aromatic carbocycles. The lowest BCUT2D eigenvalue weighted by Gasteiger charge is -2.10. The zero-order valence-corrected chi connectivity index (χ0v) is 9.79. The molecule has 94 valence electrons. The van der Waals surface area contributed by atoms with Gasteiger partial charge in [0, 0.05) is 6.54 Å². The summed E-state index contributed by atoms with van der Waals surface area (Å²) >= 11 is 0. The summed E-state index contributed by atoms with van der Waals surface area (Å²) in [5, 5.41) is 11.7. The molecule has 4 nitrogen and oxygen atoms in total. The van der Waals surface area contributed by atoms with Crippen LogP contribution in [-0.4, -0.2) is 17.6 Å². The molecule has 17 heavy (non-hydrogen) atoms. The lowest BCUT2D eigenvalue weighted by atomic mass is 10.1. The average Bonchev–Trinajstić information content (AvgIpc) is 2.28. The van der Waals surface area contributed by atoms with Crippen molar-refractivity contribution in [3.8, 4) is 0 Å². The number of carboxylic acid groups (broad SMARTS) is 1. The van der Waals surface area contributed by atoms with Crippen molar-refractivity contribution in [3.63, 3.8) is 0 Å². The highest BCUT2D eigenvalue weighted by Crippen LogP contribution is 2.23. The lowest BCUT2D eigenvalue weighted by Crippen LogP contribution is -2.08. The van der Waals surface area contributed by atoms with E-state index in [1.807, 2.05) is 0 Å². The van der Waals surface area contributed by atoms with Gasteiger partial charge in [0.15, 0.2) is 0 Å². The molecular weight excluding hydrogens is 223 g/mol. The molecule has 0 radical (unpaired) electrons. The second-order valence-electron chi connectivity index (χ2n) is 3.86. The minimum Gasteiger partial charge on any atom is -0.478 e. The van der Waals surface area contributed by atoms with Crippen molar-refractivity contribution in [2.45, 2.75) is 26.2 Å². The molecule has 0 spiro atoms. The molecule has 0 aromatic heterocycles. The van der Waals surface area contributed by atoms with Crippen molar-refractivity contribution in [1.29, 1.82) is 0 Å². The van der Waals surface area contributed by atoms with E-state index in [9.17, 15) is 9.18 Å². The Labute approximate surface area is 99.6 Å². The SMILES string of the molecule is CCCCCNc1cc(F)c(C(=O)O)cc1N. The molecule has 0 unspecified atom stereocenters. The van der Waals surface area contributed by atoms with Gasteiger partial charge in [0.1, 0.15) is 5.82 Å². The predicted molar refractivity (Wildman–Crippen MR) is 65.8 cm³/mol. The number of carboxylic acids is 1. The first-order valence-corrected chi connectivity index (χ1v) is 5.62. The molecule has 0 aliphatic carbocycles. The normalized spacial score (nSPS) is 10.2. The maximum Gasteiger partial charge on any atom is 0.338 e. The summed E-state index contributed by atoms with van der Waals surface area (Å²) in [6.45, 7) is 2.79. The van der Waals surface area contributed by atoms with Crippen LogP contribution in [0.15, 0.2) is 12.1 Å². The molecule has 0 aliphatic rings. The average molecular weight is 240 g/mol. The van der Waals surface area contributed by atoms with Crippen molar-refractivity contribution in [3.05, 3.63) is 23.5 Å². The van der Waals surface area contributed by atoms with Crippen molar-refractivity contribution in [2.24, 2.45) is 0 Å². The molecule has 0 bridgehead atoms. The number of hydrogen-bond acceptors (Lipinski definition) is 3. The number of nitrogens with two attached hydrogens (primary N) is 1. The quantitative estimate of drug-likeness (QED) is 0.528. The molecule has 1 aromatic rings. The largest absolute Gasteiger partial charge is 0.478 e. The number of hydrogen-bond donors (Lipinski definition) is 3. The van der Waals surface area contributed by atoms with Crippen molar-refractivity contribution in [2.75, 3.05) is 17.6 Å². The van der Waals surface area contributed by atoms with Crippen LogP contribution in [0.1, 0.15) is 36.5 Å². The summed E-state index contributed by atoms with van der Waals surface area (Å²) in [6, 6.07) is 2.27. The van der Waals surface area contributed by atoms with Crippen molar-refractivity contribution >= 4 is 17.3 Å². The molecule has 0 amide bonds. The number of rotatable bonds is 6. The first kappa shape index (κ1) is 13.3. The Morgan fingerprint density at radius 1 is 1.47 bits per heavy atom. The molecule has 0 saturated carbocycles. The molecule has 0 atom stereocenters. The van der Waals surface area contributed by atoms with Gasteiger partial charge in [-0.3, -0.25) is 0 Å². The number of nitrogens with one attached hydrogen (secondary N) is 1. The minimum atomic E-state index is -1.31. The van der Waals surface area contributed by atoms with Gasteiger partial charge in [-0.15, -0.1) is 0 Å². The highest BCUT2D eigenvalue weighted by atomic mass is 19.1. The van der Waals surface area contributed by atoms with Crippen LogP contribution in [0, 0.1) is 5.82 Å². The highest BCUT2D eigenvalue weighted by molar-refractivity contribution is 5.90. The van der Waals surface area contributed by atoms with E-state index in [-0.39, 0.29) is 5.69 Å². The third-order valence-electron chi connectivity index (χ3n) is 2.47. The van der Waals surface area contributed by atoms with Gasteiger partial charge in [0.25, 0.3) is 0 Å². The summed E-state index contributed by atoms with van der Waals surface area (Å²) in [6.07, 6.45) is 3.16. The smallest absolute Gasteiger partial charge is 0.338 e. The fraction of sp³-hybridized carbons (Fsp3) is 0.417. The fourth-order valence-corrected chi connectivity index (χ4v) is 1.51. The van der Waals surface area contributed by atoms with E-state index in [0.29, 0.717) is 12.2 Å². The number of benzene rings is 1. The zero-order chi connectivity index (χ0) is 12.8. The summed E-state index contributed by atoms with van der Waals surface area (Å²) in [5.74, 6) is -2.09. The number of unbranched alkanes of at least 4 members (excludes halogenated alkanes) is 2. The van der Waals surface area contributed by atoms with Gasteiger partial charge in [-0.1, -0.05) is 19.8 Å². The van der Waals surface area contributed by atoms with Gasteiger partial charge in [-0.2, -0.15) is 0 Å². The first-order chi connectivity index (χ1) is 8.06. The Balaban J connectivity index is 2.74. The van der Waals surface area contributed by atoms with E-state index in [0.717, 1.165) is 31.4 Å². The van der Waals surface area contributed by atoms with Crippen LogP contribution in [0.5, 0.6) is 0 Å². The third kappa shape index (κ3) is 3.62. The number of nitrogen functional groups attached to an aromatic ring is 1. The van der Waals surface area contributed by atoms with Gasteiger partial charge in [-0.25, -0.2) is 9.18 Å². The van der Waals surface area contributed by atoms with Gasteiger partial charge in [0.2, 0.25) is 0 Å². The van der Waals surface area contributed by atoms with E-state index in [2.05, 4.69) is 12.2 Å². The number of halogens is 1. The molecule has 4 N–H and O–H groups in total. The van der Waals surface area contributed by atoms with E-state index >= 15 is 0 Å². The second kappa shape index (κ2) is 6.08. The number of carbonyl (C=O) groups is 1. The van der Waals surface area contributed by atoms with Crippen LogP contribution in [0.4, 0.5) is 15.8 Å². The second-order valence-corrected chi connectivity index (χ2v) is 3.86. The fourth-order valence-electron chi connectivity index (χ4n) is 1.51. The van der Waals surface area contributed by atoms with E-state index in [1.54, 1.807) is 0 Å². The molecule has 1 rings (SSSR count). The number of aromatic carboxylic acids is 1. The summed E-state index contributed by atoms with van der Waals surface area (Å²) in [7, 11) is 0. The summed E-state index contributed by atoms with van der Waals surface area (Å²) in [5.41, 5.74) is 5.95. The predicted octanol–water partition coefficient (Wildman–Crippen LogP) is 2.71. The summed E-state index contributed by atoms with van der Waals surface area (Å²) < 4.78 is 13.4. The van der Waals surface area contributed by atoms with Crippen molar-refractivity contribution < 1.29 is 14.3 Å². The van der Waals surface area contributed by atoms with Crippen LogP contribution >= 0.6 is 0 Å². The maximum absolute atomic E-state index is 13.4. The Hall–Kier alpha value is -1.78. The Bertz CT molecular complexity index is 408. The topological polar surface area (TPSA) is 75.3 Å². The van der Waals surface area contributed by atoms with Gasteiger partial charge < -0.3 is 16.2 Å². The van der Waals surface area contributed by atoms with E-state index < -0.39 is 17.3 Å². The molecule has 0 aliphatic heterocycles. The monoisotopic (exact) mass is 240 g/mol. The number of anilines is 2. The minimum absolute atomic E-state index is 0.250. The Kier molecular flexibility index (Phi) is 4.75. The van der Waals surface area contributed by atoms with Crippen LogP contribution < -0.4 is 11.1 Å². The van der Waals surface area contributed by atoms with Gasteiger partial charge in [0.05, 0.1) is 16.9 Å². The zero-order valence-electron chi connectivity index (χ0n) is 9.79. The van der Waals surface area contributed by atoms with Gasteiger partial charge in [-0.05, 0) is 18.6 Å². The molecule has 0 saturated heterocycles.